The van der Waals surface area contributed by atoms with Gasteiger partial charge in [-0.2, -0.15) is 0 Å². The fraction of sp³-hybridized carbons (Fsp3) is 0.791. The van der Waals surface area contributed by atoms with E-state index in [0.717, 1.165) is 18.4 Å². The zero-order valence-corrected chi connectivity index (χ0v) is 34.4. The van der Waals surface area contributed by atoms with Crippen LogP contribution in [0.1, 0.15) is 121 Å². The number of hydrogen-bond acceptors (Lipinski definition) is 10. The smallest absolute Gasteiger partial charge is 0.339 e. The van der Waals surface area contributed by atoms with Crippen molar-refractivity contribution in [3.05, 3.63) is 34.9 Å². The summed E-state index contributed by atoms with van der Waals surface area (Å²) in [6, 6.07) is 0. The summed E-state index contributed by atoms with van der Waals surface area (Å²) in [4.78, 5) is 40.6. The molecule has 10 heteroatoms. The topological polar surface area (TPSA) is 149 Å². The monoisotopic (exact) mass is 744 g/mol. The van der Waals surface area contributed by atoms with Gasteiger partial charge in [0.05, 0.1) is 25.4 Å². The van der Waals surface area contributed by atoms with Gasteiger partial charge in [-0.15, -0.1) is 0 Å². The molecular weight excluding hydrogens is 676 g/mol. The molecule has 0 aromatic heterocycles. The van der Waals surface area contributed by atoms with Crippen LogP contribution in [-0.2, 0) is 33.3 Å². The van der Waals surface area contributed by atoms with E-state index in [4.69, 9.17) is 18.9 Å². The van der Waals surface area contributed by atoms with E-state index in [1.54, 1.807) is 33.8 Å². The standard InChI is InChI=1S/C43H68O10/c1-13-25(5)35(45)38(47)52-30-22-42(10)29(27-20-28(51-23-27)19-24(3)4)15-16-31(42)43(11)33(53-39(48)36(46)26(6)14-2)21-32(40(7,8)49)41(9,37(30)43)18-17-34(44)50-12/h14,16,19,25,27-30,32-33,35-37,45-46,49H,13,15,17-18,20-23H2,1-12H3/b26-14+/t25-,27-,28-,29+,30-,32-,33-,35-,36-,37-,41+,42+,43-/m1/s1. The molecule has 1 aliphatic heterocycles. The fourth-order valence-electron chi connectivity index (χ4n) is 11.1. The summed E-state index contributed by atoms with van der Waals surface area (Å²) < 4.78 is 24.4. The SMILES string of the molecule is C/C=C(\C)[C@@H](O)C(=O)O[C@@H]1C[C@H](C(C)(C)O)[C@](C)(CCC(=O)OC)[C@H]2[C@H](OC(=O)[C@H](O)[C@H](C)CC)C[C@]3(C)C(=CC[C@H]3[C@H]3CO[C@H](C=C(C)C)C3)[C@@]21C. The third-order valence-electron chi connectivity index (χ3n) is 14.0. The molecule has 3 N–H and O–H groups in total. The third kappa shape index (κ3) is 8.22. The summed E-state index contributed by atoms with van der Waals surface area (Å²) >= 11 is 0. The quantitative estimate of drug-likeness (QED) is 0.106. The highest BCUT2D eigenvalue weighted by molar-refractivity contribution is 5.78. The molecule has 3 fully saturated rings. The van der Waals surface area contributed by atoms with E-state index in [1.165, 1.54) is 12.7 Å². The molecule has 0 spiro atoms. The first-order chi connectivity index (χ1) is 24.6. The molecule has 0 amide bonds. The van der Waals surface area contributed by atoms with Gasteiger partial charge in [0.1, 0.15) is 12.2 Å². The Hall–Kier alpha value is -2.53. The molecule has 10 nitrogen and oxygen atoms in total. The van der Waals surface area contributed by atoms with Crippen molar-refractivity contribution in [2.45, 2.75) is 157 Å². The van der Waals surface area contributed by atoms with Crippen LogP contribution in [0.2, 0.25) is 0 Å². The first-order valence-electron chi connectivity index (χ1n) is 19.8. The molecule has 2 saturated carbocycles. The first kappa shape index (κ1) is 43.2. The predicted molar refractivity (Wildman–Crippen MR) is 202 cm³/mol. The molecule has 0 aromatic carbocycles. The number of allylic oxidation sites excluding steroid dienone is 3. The zero-order valence-electron chi connectivity index (χ0n) is 34.4. The van der Waals surface area contributed by atoms with E-state index in [9.17, 15) is 29.7 Å². The molecule has 0 radical (unpaired) electrons. The lowest BCUT2D eigenvalue weighted by atomic mass is 9.39. The van der Waals surface area contributed by atoms with Gasteiger partial charge in [-0.25, -0.2) is 9.59 Å². The molecule has 3 aliphatic carbocycles. The Balaban J connectivity index is 1.95. The molecule has 0 aromatic rings. The summed E-state index contributed by atoms with van der Waals surface area (Å²) in [5.74, 6) is -2.97. The second-order valence-corrected chi connectivity index (χ2v) is 18.1. The van der Waals surface area contributed by atoms with Crippen molar-refractivity contribution >= 4 is 17.9 Å². The Labute approximate surface area is 317 Å². The number of esters is 3. The largest absolute Gasteiger partial charge is 0.469 e. The number of carbonyl (C=O) groups is 3. The van der Waals surface area contributed by atoms with Crippen molar-refractivity contribution in [2.24, 2.45) is 45.8 Å². The van der Waals surface area contributed by atoms with Gasteiger partial charge in [-0.05, 0) is 114 Å². The van der Waals surface area contributed by atoms with E-state index in [1.807, 2.05) is 13.8 Å². The van der Waals surface area contributed by atoms with Gasteiger partial charge in [0.15, 0.2) is 12.2 Å². The van der Waals surface area contributed by atoms with Gasteiger partial charge < -0.3 is 34.3 Å². The van der Waals surface area contributed by atoms with Crippen molar-refractivity contribution in [1.29, 1.82) is 0 Å². The molecule has 0 unspecified atom stereocenters. The van der Waals surface area contributed by atoms with Gasteiger partial charge in [0.2, 0.25) is 0 Å². The summed E-state index contributed by atoms with van der Waals surface area (Å²) in [6.45, 7) is 21.7. The number of fused-ring (bicyclic) bond motifs is 3. The van der Waals surface area contributed by atoms with E-state index in [-0.39, 0.29) is 36.7 Å². The highest BCUT2D eigenvalue weighted by Crippen LogP contribution is 2.72. The minimum Gasteiger partial charge on any atom is -0.469 e. The molecule has 1 heterocycles. The molecule has 4 aliphatic rings. The maximum Gasteiger partial charge on any atom is 0.339 e. The number of hydrogen-bond donors (Lipinski definition) is 3. The van der Waals surface area contributed by atoms with Gasteiger partial charge >= 0.3 is 17.9 Å². The van der Waals surface area contributed by atoms with Crippen molar-refractivity contribution in [3.63, 3.8) is 0 Å². The van der Waals surface area contributed by atoms with E-state index >= 15 is 0 Å². The van der Waals surface area contributed by atoms with E-state index in [0.29, 0.717) is 31.4 Å². The van der Waals surface area contributed by atoms with Crippen LogP contribution in [0.25, 0.3) is 0 Å². The Morgan fingerprint density at radius 1 is 1.08 bits per heavy atom. The number of ether oxygens (including phenoxy) is 4. The number of aliphatic hydroxyl groups is 3. The van der Waals surface area contributed by atoms with E-state index in [2.05, 4.69) is 46.8 Å². The fourth-order valence-corrected chi connectivity index (χ4v) is 11.1. The average molecular weight is 745 g/mol. The minimum atomic E-state index is -1.47. The molecule has 13 atom stereocenters. The lowest BCUT2D eigenvalue weighted by Crippen LogP contribution is -2.68. The molecule has 53 heavy (non-hydrogen) atoms. The Morgan fingerprint density at radius 2 is 1.74 bits per heavy atom. The predicted octanol–water partition coefficient (Wildman–Crippen LogP) is 6.64. The Morgan fingerprint density at radius 3 is 2.30 bits per heavy atom. The lowest BCUT2D eigenvalue weighted by molar-refractivity contribution is -0.241. The summed E-state index contributed by atoms with van der Waals surface area (Å²) in [7, 11) is 1.35. The molecule has 4 rings (SSSR count). The molecule has 1 saturated heterocycles. The number of aliphatic hydroxyl groups excluding tert-OH is 2. The third-order valence-corrected chi connectivity index (χ3v) is 14.0. The summed E-state index contributed by atoms with van der Waals surface area (Å²) in [6.07, 6.45) is 4.98. The van der Waals surface area contributed by atoms with Gasteiger partial charge in [-0.1, -0.05) is 70.4 Å². The van der Waals surface area contributed by atoms with Crippen molar-refractivity contribution in [2.75, 3.05) is 13.7 Å². The summed E-state index contributed by atoms with van der Waals surface area (Å²) in [5, 5.41) is 34.1. The minimum absolute atomic E-state index is 0.0118. The van der Waals surface area contributed by atoms with Crippen LogP contribution >= 0.6 is 0 Å². The highest BCUT2D eigenvalue weighted by Gasteiger charge is 2.71. The zero-order chi connectivity index (χ0) is 39.8. The Bertz CT molecular complexity index is 1450. The maximum absolute atomic E-state index is 14.0. The Kier molecular flexibility index (Phi) is 13.3. The second-order valence-electron chi connectivity index (χ2n) is 18.1. The molecule has 300 valence electrons. The van der Waals surface area contributed by atoms with Crippen LogP contribution < -0.4 is 0 Å². The first-order valence-corrected chi connectivity index (χ1v) is 19.8. The molecular formula is C43H68O10. The normalized spacial score (nSPS) is 37.4. The highest BCUT2D eigenvalue weighted by atomic mass is 16.6. The van der Waals surface area contributed by atoms with Crippen LogP contribution in [0.15, 0.2) is 34.9 Å². The lowest BCUT2D eigenvalue weighted by Gasteiger charge is -2.67. The van der Waals surface area contributed by atoms with Crippen LogP contribution in [-0.4, -0.2) is 83.1 Å². The van der Waals surface area contributed by atoms with Crippen molar-refractivity contribution < 1.29 is 48.7 Å². The van der Waals surface area contributed by atoms with Gasteiger partial charge in [0, 0.05) is 17.8 Å². The van der Waals surface area contributed by atoms with Crippen LogP contribution in [0.4, 0.5) is 0 Å². The summed E-state index contributed by atoms with van der Waals surface area (Å²) in [5.41, 5.74) is -0.873. The van der Waals surface area contributed by atoms with E-state index < -0.39 is 76.0 Å². The number of carbonyl (C=O) groups excluding carboxylic acids is 3. The van der Waals surface area contributed by atoms with Crippen molar-refractivity contribution in [1.82, 2.24) is 0 Å². The van der Waals surface area contributed by atoms with Crippen molar-refractivity contribution in [3.8, 4) is 0 Å². The van der Waals surface area contributed by atoms with Crippen LogP contribution in [0.3, 0.4) is 0 Å². The van der Waals surface area contributed by atoms with Crippen LogP contribution in [0.5, 0.6) is 0 Å². The van der Waals surface area contributed by atoms with Crippen LogP contribution in [0, 0.1) is 45.8 Å². The average Bonchev–Trinajstić information content (AvgIpc) is 3.69. The number of rotatable bonds is 13. The molecule has 0 bridgehead atoms. The number of methoxy groups -OCH3 is 1. The van der Waals surface area contributed by atoms with Gasteiger partial charge in [0.25, 0.3) is 0 Å². The second kappa shape index (κ2) is 16.3. The van der Waals surface area contributed by atoms with Gasteiger partial charge in [-0.3, -0.25) is 4.79 Å². The maximum atomic E-state index is 14.0.